The lowest BCUT2D eigenvalue weighted by atomic mass is 10.2. The largest absolute Gasteiger partial charge is 0.366 e. The van der Waals surface area contributed by atoms with Gasteiger partial charge in [0.2, 0.25) is 0 Å². The van der Waals surface area contributed by atoms with Crippen molar-refractivity contribution in [3.8, 4) is 0 Å². The summed E-state index contributed by atoms with van der Waals surface area (Å²) in [5.74, 6) is 0.992. The van der Waals surface area contributed by atoms with E-state index in [0.29, 0.717) is 0 Å². The molecular formula is C10H18N2. The Morgan fingerprint density at radius 3 is 2.08 bits per heavy atom. The second-order valence-electron chi connectivity index (χ2n) is 3.01. The Morgan fingerprint density at radius 1 is 1.33 bits per heavy atom. The van der Waals surface area contributed by atoms with Crippen LogP contribution in [0.25, 0.3) is 0 Å². The maximum atomic E-state index is 4.40. The van der Waals surface area contributed by atoms with Crippen LogP contribution in [0.1, 0.15) is 20.8 Å². The number of hydrogen-bond donors (Lipinski definition) is 0. The molecule has 2 heteroatoms. The van der Waals surface area contributed by atoms with Gasteiger partial charge in [-0.3, -0.25) is 0 Å². The summed E-state index contributed by atoms with van der Waals surface area (Å²) in [6.45, 7) is 9.75. The molecule has 0 rings (SSSR count). The standard InChI is InChI=1S/C10H18N2/c1-7-10(8(2)3)11-9(4)12(5)6/h7H,2H2,1,3-6H3. The Bertz CT molecular complexity index is 222. The van der Waals surface area contributed by atoms with Crippen LogP contribution in [-0.2, 0) is 0 Å². The average molecular weight is 166 g/mol. The van der Waals surface area contributed by atoms with Crippen molar-refractivity contribution < 1.29 is 0 Å². The summed E-state index contributed by atoms with van der Waals surface area (Å²) in [5.41, 5.74) is 1.96. The lowest BCUT2D eigenvalue weighted by Crippen LogP contribution is -2.18. The summed E-state index contributed by atoms with van der Waals surface area (Å²) in [7, 11) is 3.95. The fourth-order valence-corrected chi connectivity index (χ4v) is 0.681. The highest BCUT2D eigenvalue weighted by Crippen LogP contribution is 2.08. The maximum Gasteiger partial charge on any atom is 0.101 e. The normalized spacial score (nSPS) is 13.1. The molecule has 0 N–H and O–H groups in total. The zero-order chi connectivity index (χ0) is 9.72. The first-order chi connectivity index (χ1) is 5.49. The highest BCUT2D eigenvalue weighted by molar-refractivity contribution is 5.80. The minimum absolute atomic E-state index is 0.959. The van der Waals surface area contributed by atoms with Crippen LogP contribution < -0.4 is 0 Å². The second kappa shape index (κ2) is 4.75. The number of aliphatic imine (C=N–C) groups is 1. The van der Waals surface area contributed by atoms with Crippen LogP contribution in [0.5, 0.6) is 0 Å². The van der Waals surface area contributed by atoms with Gasteiger partial charge in [-0.2, -0.15) is 0 Å². The maximum absolute atomic E-state index is 4.40. The van der Waals surface area contributed by atoms with Gasteiger partial charge in [-0.15, -0.1) is 0 Å². The monoisotopic (exact) mass is 166 g/mol. The van der Waals surface area contributed by atoms with Crippen molar-refractivity contribution in [3.05, 3.63) is 23.9 Å². The molecule has 12 heavy (non-hydrogen) atoms. The zero-order valence-corrected chi connectivity index (χ0v) is 8.68. The zero-order valence-electron chi connectivity index (χ0n) is 8.68. The lowest BCUT2D eigenvalue weighted by molar-refractivity contribution is 0.617. The first-order valence-corrected chi connectivity index (χ1v) is 4.03. The second-order valence-corrected chi connectivity index (χ2v) is 3.01. The number of rotatable bonds is 2. The highest BCUT2D eigenvalue weighted by atomic mass is 15.1. The van der Waals surface area contributed by atoms with Crippen LogP contribution >= 0.6 is 0 Å². The van der Waals surface area contributed by atoms with Crippen LogP contribution in [0.15, 0.2) is 28.9 Å². The number of amidine groups is 1. The molecule has 0 amide bonds. The van der Waals surface area contributed by atoms with E-state index in [1.807, 2.05) is 45.8 Å². The third kappa shape index (κ3) is 3.37. The van der Waals surface area contributed by atoms with Crippen LogP contribution in [0.2, 0.25) is 0 Å². The predicted octanol–water partition coefficient (Wildman–Crippen LogP) is 2.45. The van der Waals surface area contributed by atoms with Gasteiger partial charge < -0.3 is 4.90 Å². The van der Waals surface area contributed by atoms with Crippen LogP contribution in [0.3, 0.4) is 0 Å². The highest BCUT2D eigenvalue weighted by Gasteiger charge is 1.96. The number of hydrogen-bond acceptors (Lipinski definition) is 1. The molecule has 0 saturated carbocycles. The molecule has 0 aromatic carbocycles. The van der Waals surface area contributed by atoms with Crippen molar-refractivity contribution in [2.24, 2.45) is 4.99 Å². The molecule has 0 aliphatic carbocycles. The molecule has 0 heterocycles. The summed E-state index contributed by atoms with van der Waals surface area (Å²) in [5, 5.41) is 0. The van der Waals surface area contributed by atoms with Gasteiger partial charge in [0.15, 0.2) is 0 Å². The predicted molar refractivity (Wildman–Crippen MR) is 55.4 cm³/mol. The molecule has 0 radical (unpaired) electrons. The van der Waals surface area contributed by atoms with E-state index in [9.17, 15) is 0 Å². The Morgan fingerprint density at radius 2 is 1.83 bits per heavy atom. The van der Waals surface area contributed by atoms with Crippen molar-refractivity contribution in [2.75, 3.05) is 14.1 Å². The van der Waals surface area contributed by atoms with E-state index in [-0.39, 0.29) is 0 Å². The summed E-state index contributed by atoms with van der Waals surface area (Å²) >= 11 is 0. The quantitative estimate of drug-likeness (QED) is 0.349. The number of nitrogens with zero attached hydrogens (tertiary/aromatic N) is 2. The van der Waals surface area contributed by atoms with Crippen molar-refractivity contribution in [1.29, 1.82) is 0 Å². The van der Waals surface area contributed by atoms with Crippen molar-refractivity contribution in [3.63, 3.8) is 0 Å². The summed E-state index contributed by atoms with van der Waals surface area (Å²) in [6, 6.07) is 0. The van der Waals surface area contributed by atoms with E-state index in [4.69, 9.17) is 0 Å². The minimum Gasteiger partial charge on any atom is -0.366 e. The van der Waals surface area contributed by atoms with Crippen molar-refractivity contribution >= 4 is 5.84 Å². The van der Waals surface area contributed by atoms with E-state index in [1.165, 1.54) is 0 Å². The van der Waals surface area contributed by atoms with Crippen molar-refractivity contribution in [1.82, 2.24) is 4.90 Å². The van der Waals surface area contributed by atoms with E-state index in [0.717, 1.165) is 17.1 Å². The molecule has 0 unspecified atom stereocenters. The molecule has 0 fully saturated rings. The molecule has 0 saturated heterocycles. The SMILES string of the molecule is C=C(C)C(=CC)N=C(C)N(C)C. The van der Waals surface area contributed by atoms with E-state index < -0.39 is 0 Å². The minimum atomic E-state index is 0.959. The van der Waals surface area contributed by atoms with Gasteiger partial charge >= 0.3 is 0 Å². The van der Waals surface area contributed by atoms with Crippen LogP contribution in [0, 0.1) is 0 Å². The molecule has 0 spiro atoms. The average Bonchev–Trinajstić information content (AvgIpc) is 1.98. The third-order valence-electron chi connectivity index (χ3n) is 1.64. The summed E-state index contributed by atoms with van der Waals surface area (Å²) in [4.78, 5) is 6.38. The molecule has 0 aliphatic heterocycles. The molecule has 0 aliphatic rings. The molecule has 68 valence electrons. The fraction of sp³-hybridized carbons (Fsp3) is 0.500. The van der Waals surface area contributed by atoms with E-state index >= 15 is 0 Å². The van der Waals surface area contributed by atoms with Gasteiger partial charge in [-0.05, 0) is 26.3 Å². The Labute approximate surface area is 75.3 Å². The molecule has 0 aromatic heterocycles. The van der Waals surface area contributed by atoms with Gasteiger partial charge in [-0.25, -0.2) is 4.99 Å². The third-order valence-corrected chi connectivity index (χ3v) is 1.64. The van der Waals surface area contributed by atoms with Gasteiger partial charge in [0, 0.05) is 14.1 Å². The molecule has 0 bridgehead atoms. The topological polar surface area (TPSA) is 15.6 Å². The van der Waals surface area contributed by atoms with Crippen LogP contribution in [-0.4, -0.2) is 24.8 Å². The van der Waals surface area contributed by atoms with Crippen LogP contribution in [0.4, 0.5) is 0 Å². The van der Waals surface area contributed by atoms with E-state index in [2.05, 4.69) is 11.6 Å². The molecular weight excluding hydrogens is 148 g/mol. The first-order valence-electron chi connectivity index (χ1n) is 4.03. The Hall–Kier alpha value is -1.05. The Balaban J connectivity index is 4.60. The van der Waals surface area contributed by atoms with Gasteiger partial charge in [0.05, 0.1) is 5.70 Å². The number of allylic oxidation sites excluding steroid dienone is 2. The smallest absolute Gasteiger partial charge is 0.101 e. The fourth-order valence-electron chi connectivity index (χ4n) is 0.681. The molecule has 2 nitrogen and oxygen atoms in total. The van der Waals surface area contributed by atoms with E-state index in [1.54, 1.807) is 0 Å². The van der Waals surface area contributed by atoms with Gasteiger partial charge in [-0.1, -0.05) is 12.7 Å². The Kier molecular flexibility index (Phi) is 4.34. The summed E-state index contributed by atoms with van der Waals surface area (Å²) in [6.07, 6.45) is 1.97. The summed E-state index contributed by atoms with van der Waals surface area (Å²) < 4.78 is 0. The lowest BCUT2D eigenvalue weighted by Gasteiger charge is -2.12. The molecule has 0 aromatic rings. The van der Waals surface area contributed by atoms with Crippen molar-refractivity contribution in [2.45, 2.75) is 20.8 Å². The first kappa shape index (κ1) is 11.0. The van der Waals surface area contributed by atoms with Gasteiger partial charge in [0.1, 0.15) is 5.84 Å². The van der Waals surface area contributed by atoms with Gasteiger partial charge in [0.25, 0.3) is 0 Å². The molecule has 0 atom stereocenters.